The van der Waals surface area contributed by atoms with Crippen LogP contribution in [0, 0.1) is 0 Å². The fourth-order valence-electron chi connectivity index (χ4n) is 2.99. The zero-order chi connectivity index (χ0) is 22.9. The Morgan fingerprint density at radius 2 is 1.44 bits per heavy atom. The molecule has 0 fully saturated rings. The molecule has 3 aromatic rings. The number of hydrogen-bond acceptors (Lipinski definition) is 4. The highest BCUT2D eigenvalue weighted by Crippen LogP contribution is 2.29. The summed E-state index contributed by atoms with van der Waals surface area (Å²) in [6.07, 6.45) is 0. The van der Waals surface area contributed by atoms with Crippen molar-refractivity contribution < 1.29 is 19.1 Å². The van der Waals surface area contributed by atoms with Gasteiger partial charge in [0.25, 0.3) is 11.8 Å². The highest BCUT2D eigenvalue weighted by molar-refractivity contribution is 9.10. The molecule has 0 heterocycles. The summed E-state index contributed by atoms with van der Waals surface area (Å²) in [5.41, 5.74) is 2.98. The molecule has 7 heteroatoms. The van der Waals surface area contributed by atoms with E-state index in [1.807, 2.05) is 43.3 Å². The van der Waals surface area contributed by atoms with E-state index < -0.39 is 0 Å². The first-order valence-corrected chi connectivity index (χ1v) is 11.0. The van der Waals surface area contributed by atoms with Crippen LogP contribution >= 0.6 is 15.9 Å². The Morgan fingerprint density at radius 3 is 2.09 bits per heavy atom. The van der Waals surface area contributed by atoms with E-state index >= 15 is 0 Å². The van der Waals surface area contributed by atoms with Gasteiger partial charge in [0, 0.05) is 28.7 Å². The quantitative estimate of drug-likeness (QED) is 0.449. The van der Waals surface area contributed by atoms with Gasteiger partial charge >= 0.3 is 0 Å². The number of carbonyl (C=O) groups excluding carboxylic acids is 2. The molecule has 0 saturated carbocycles. The molecule has 3 rings (SSSR count). The Hall–Kier alpha value is -3.32. The number of halogens is 1. The third-order valence-corrected chi connectivity index (χ3v) is 5.27. The molecule has 0 aliphatic carbocycles. The van der Waals surface area contributed by atoms with Gasteiger partial charge in [-0.05, 0) is 60.5 Å². The molecule has 0 aliphatic heterocycles. The van der Waals surface area contributed by atoms with E-state index in [1.54, 1.807) is 37.4 Å². The number of nitrogens with one attached hydrogen (secondary N) is 2. The number of rotatable bonds is 9. The van der Waals surface area contributed by atoms with Gasteiger partial charge in [-0.1, -0.05) is 40.2 Å². The van der Waals surface area contributed by atoms with E-state index in [2.05, 4.69) is 26.6 Å². The van der Waals surface area contributed by atoms with Crippen molar-refractivity contribution in [3.63, 3.8) is 0 Å². The van der Waals surface area contributed by atoms with Crippen LogP contribution in [0.4, 0.5) is 0 Å². The molecule has 2 amide bonds. The molecule has 0 bridgehead atoms. The third-order valence-electron chi connectivity index (χ3n) is 4.74. The summed E-state index contributed by atoms with van der Waals surface area (Å²) in [6, 6.07) is 20.1. The molecule has 0 atom stereocenters. The third kappa shape index (κ3) is 6.34. The summed E-state index contributed by atoms with van der Waals surface area (Å²) in [7, 11) is 1.54. The van der Waals surface area contributed by atoms with Gasteiger partial charge in [0.15, 0.2) is 11.5 Å². The first-order chi connectivity index (χ1) is 15.5. The highest BCUT2D eigenvalue weighted by atomic mass is 79.9. The number of benzene rings is 3. The number of ether oxygens (including phenoxy) is 2. The minimum atomic E-state index is -0.226. The maximum Gasteiger partial charge on any atom is 0.251 e. The average molecular weight is 497 g/mol. The topological polar surface area (TPSA) is 76.7 Å². The summed E-state index contributed by atoms with van der Waals surface area (Å²) >= 11 is 3.41. The Labute approximate surface area is 196 Å². The van der Waals surface area contributed by atoms with Crippen molar-refractivity contribution >= 4 is 27.7 Å². The fraction of sp³-hybridized carbons (Fsp3) is 0.200. The molecule has 0 unspecified atom stereocenters. The van der Waals surface area contributed by atoms with Crippen molar-refractivity contribution in [3.8, 4) is 11.5 Å². The lowest BCUT2D eigenvalue weighted by atomic mass is 10.1. The van der Waals surface area contributed by atoms with E-state index in [1.165, 1.54) is 0 Å². The minimum Gasteiger partial charge on any atom is -0.493 e. The Kier molecular flexibility index (Phi) is 8.27. The summed E-state index contributed by atoms with van der Waals surface area (Å²) in [6.45, 7) is 3.19. The lowest BCUT2D eigenvalue weighted by molar-refractivity contribution is 0.0943. The number of methoxy groups -OCH3 is 1. The SMILES string of the molecule is CCNC(=O)c1ccc(CNC(=O)c2ccc(OCc3ccc(Br)cc3)c(OC)c2)cc1. The second-order valence-electron chi connectivity index (χ2n) is 7.02. The minimum absolute atomic E-state index is 0.113. The normalized spacial score (nSPS) is 10.3. The Bertz CT molecular complexity index is 1070. The molecule has 166 valence electrons. The van der Waals surface area contributed by atoms with Crippen molar-refractivity contribution in [2.45, 2.75) is 20.1 Å². The monoisotopic (exact) mass is 496 g/mol. The van der Waals surface area contributed by atoms with Gasteiger partial charge < -0.3 is 20.1 Å². The second kappa shape index (κ2) is 11.3. The van der Waals surface area contributed by atoms with Gasteiger partial charge in [-0.3, -0.25) is 9.59 Å². The van der Waals surface area contributed by atoms with Crippen LogP contribution < -0.4 is 20.1 Å². The second-order valence-corrected chi connectivity index (χ2v) is 7.94. The largest absolute Gasteiger partial charge is 0.493 e. The van der Waals surface area contributed by atoms with Crippen molar-refractivity contribution in [2.75, 3.05) is 13.7 Å². The van der Waals surface area contributed by atoms with Gasteiger partial charge in [-0.15, -0.1) is 0 Å². The van der Waals surface area contributed by atoms with Crippen LogP contribution in [0.15, 0.2) is 71.2 Å². The first kappa shape index (κ1) is 23.3. The van der Waals surface area contributed by atoms with Gasteiger partial charge in [-0.25, -0.2) is 0 Å². The maximum atomic E-state index is 12.6. The predicted octanol–water partition coefficient (Wildman–Crippen LogP) is 4.72. The summed E-state index contributed by atoms with van der Waals surface area (Å²) < 4.78 is 12.3. The molecule has 2 N–H and O–H groups in total. The van der Waals surface area contributed by atoms with Gasteiger partial charge in [0.2, 0.25) is 0 Å². The van der Waals surface area contributed by atoms with Gasteiger partial charge in [0.05, 0.1) is 7.11 Å². The zero-order valence-corrected chi connectivity index (χ0v) is 19.6. The van der Waals surface area contributed by atoms with Crippen molar-refractivity contribution in [3.05, 3.63) is 93.5 Å². The lowest BCUT2D eigenvalue weighted by Gasteiger charge is -2.13. The van der Waals surface area contributed by atoms with E-state index in [0.717, 1.165) is 15.6 Å². The number of amides is 2. The molecular weight excluding hydrogens is 472 g/mol. The fourth-order valence-corrected chi connectivity index (χ4v) is 3.26. The molecule has 0 radical (unpaired) electrons. The van der Waals surface area contributed by atoms with Crippen LogP contribution in [0.1, 0.15) is 38.8 Å². The van der Waals surface area contributed by atoms with Crippen molar-refractivity contribution in [1.29, 1.82) is 0 Å². The molecule has 3 aromatic carbocycles. The average Bonchev–Trinajstić information content (AvgIpc) is 2.82. The molecule has 0 spiro atoms. The highest BCUT2D eigenvalue weighted by Gasteiger charge is 2.12. The van der Waals surface area contributed by atoms with Crippen LogP contribution in [-0.4, -0.2) is 25.5 Å². The molecular formula is C25H25BrN2O4. The first-order valence-electron chi connectivity index (χ1n) is 10.2. The number of hydrogen-bond donors (Lipinski definition) is 2. The summed E-state index contributed by atoms with van der Waals surface area (Å²) in [5, 5.41) is 5.64. The maximum absolute atomic E-state index is 12.6. The summed E-state index contributed by atoms with van der Waals surface area (Å²) in [4.78, 5) is 24.4. The zero-order valence-electron chi connectivity index (χ0n) is 18.0. The van der Waals surface area contributed by atoms with Crippen molar-refractivity contribution in [2.24, 2.45) is 0 Å². The van der Waals surface area contributed by atoms with E-state index in [9.17, 15) is 9.59 Å². The van der Waals surface area contributed by atoms with Crippen LogP contribution in [0.3, 0.4) is 0 Å². The lowest BCUT2D eigenvalue weighted by Crippen LogP contribution is -2.24. The van der Waals surface area contributed by atoms with Crippen LogP contribution in [-0.2, 0) is 13.2 Å². The van der Waals surface area contributed by atoms with E-state index in [4.69, 9.17) is 9.47 Å². The van der Waals surface area contributed by atoms with Gasteiger partial charge in [0.1, 0.15) is 6.61 Å². The molecule has 0 saturated heterocycles. The van der Waals surface area contributed by atoms with Crippen LogP contribution in [0.5, 0.6) is 11.5 Å². The molecule has 0 aliphatic rings. The summed E-state index contributed by atoms with van der Waals surface area (Å²) in [5.74, 6) is 0.710. The standard InChI is InChI=1S/C25H25BrN2O4/c1-3-27-24(29)19-8-4-17(5-9-19)15-28-25(30)20-10-13-22(23(14-20)31-2)32-16-18-6-11-21(26)12-7-18/h4-14H,3,15-16H2,1-2H3,(H,27,29)(H,28,30). The smallest absolute Gasteiger partial charge is 0.251 e. The van der Waals surface area contributed by atoms with Crippen LogP contribution in [0.2, 0.25) is 0 Å². The predicted molar refractivity (Wildman–Crippen MR) is 127 cm³/mol. The molecule has 6 nitrogen and oxygen atoms in total. The van der Waals surface area contributed by atoms with E-state index in [-0.39, 0.29) is 11.8 Å². The van der Waals surface area contributed by atoms with Gasteiger partial charge in [-0.2, -0.15) is 0 Å². The van der Waals surface area contributed by atoms with Crippen LogP contribution in [0.25, 0.3) is 0 Å². The molecule has 32 heavy (non-hydrogen) atoms. The van der Waals surface area contributed by atoms with E-state index in [0.29, 0.717) is 42.3 Å². The van der Waals surface area contributed by atoms with Crippen molar-refractivity contribution in [1.82, 2.24) is 10.6 Å². The molecule has 0 aromatic heterocycles. The Balaban J connectivity index is 1.59. The Morgan fingerprint density at radius 1 is 0.812 bits per heavy atom. The number of carbonyl (C=O) groups is 2.